The minimum absolute atomic E-state index is 0.00110. The molecule has 0 amide bonds. The van der Waals surface area contributed by atoms with Crippen LogP contribution in [-0.4, -0.2) is 4.98 Å². The van der Waals surface area contributed by atoms with Crippen LogP contribution < -0.4 is 0 Å². The van der Waals surface area contributed by atoms with Crippen LogP contribution in [0.5, 0.6) is 0 Å². The quantitative estimate of drug-likeness (QED) is 0.623. The van der Waals surface area contributed by atoms with Gasteiger partial charge in [-0.25, -0.2) is 8.78 Å². The zero-order valence-corrected chi connectivity index (χ0v) is 10.4. The summed E-state index contributed by atoms with van der Waals surface area (Å²) in [6.45, 7) is 0. The lowest BCUT2D eigenvalue weighted by molar-refractivity contribution is 0.150. The summed E-state index contributed by atoms with van der Waals surface area (Å²) in [7, 11) is 0. The molecule has 1 heterocycles. The van der Waals surface area contributed by atoms with Crippen molar-refractivity contribution in [1.82, 2.24) is 4.98 Å². The van der Waals surface area contributed by atoms with Gasteiger partial charge in [-0.3, -0.25) is 4.98 Å². The molecule has 0 aliphatic carbocycles. The van der Waals surface area contributed by atoms with Crippen LogP contribution in [0.2, 0.25) is 0 Å². The fourth-order valence-electron chi connectivity index (χ4n) is 1.10. The molecule has 1 rings (SSSR count). The summed E-state index contributed by atoms with van der Waals surface area (Å²) in [6.07, 6.45) is -1.39. The zero-order valence-electron chi connectivity index (χ0n) is 7.48. The van der Waals surface area contributed by atoms with Crippen molar-refractivity contribution in [1.29, 1.82) is 5.26 Å². The van der Waals surface area contributed by atoms with Crippen molar-refractivity contribution in [2.45, 2.75) is 18.7 Å². The third-order valence-electron chi connectivity index (χ3n) is 1.84. The second-order valence-electron chi connectivity index (χ2n) is 2.72. The van der Waals surface area contributed by atoms with Crippen LogP contribution in [0.15, 0.2) is 6.20 Å². The van der Waals surface area contributed by atoms with Gasteiger partial charge < -0.3 is 0 Å². The number of halogens is 4. The smallest absolute Gasteiger partial charge is 0.259 e. The van der Waals surface area contributed by atoms with E-state index in [1.54, 1.807) is 0 Å². The van der Waals surface area contributed by atoms with Gasteiger partial charge in [-0.1, -0.05) is 0 Å². The van der Waals surface area contributed by atoms with E-state index in [1.807, 2.05) is 28.7 Å². The first-order valence-corrected chi connectivity index (χ1v) is 5.60. The number of hydrogen-bond donors (Lipinski definition) is 0. The molecule has 80 valence electrons. The highest BCUT2D eigenvalue weighted by Crippen LogP contribution is 2.28. The average Bonchev–Trinajstić information content (AvgIpc) is 2.20. The van der Waals surface area contributed by atoms with Crippen LogP contribution in [0.4, 0.5) is 8.78 Å². The van der Waals surface area contributed by atoms with Gasteiger partial charge in [0.15, 0.2) is 0 Å². The molecule has 0 aliphatic rings. The minimum Gasteiger partial charge on any atom is -0.259 e. The van der Waals surface area contributed by atoms with Crippen molar-refractivity contribution in [2.24, 2.45) is 0 Å². The third kappa shape index (κ3) is 2.75. The van der Waals surface area contributed by atoms with Crippen LogP contribution in [0.3, 0.4) is 0 Å². The molecule has 0 aliphatic heterocycles. The van der Waals surface area contributed by atoms with E-state index >= 15 is 0 Å². The predicted octanol–water partition coefficient (Wildman–Crippen LogP) is 3.43. The normalized spacial score (nSPS) is 10.4. The van der Waals surface area contributed by atoms with E-state index in [0.717, 1.165) is 6.20 Å². The summed E-state index contributed by atoms with van der Waals surface area (Å²) < 4.78 is 25.6. The first-order valence-electron chi connectivity index (χ1n) is 3.99. The maximum absolute atomic E-state index is 12.5. The fourth-order valence-corrected chi connectivity index (χ4v) is 2.45. The summed E-state index contributed by atoms with van der Waals surface area (Å²) in [5, 5.41) is 8.51. The van der Waals surface area contributed by atoms with Crippen molar-refractivity contribution in [3.8, 4) is 6.07 Å². The van der Waals surface area contributed by atoms with Gasteiger partial charge in [-0.2, -0.15) is 5.26 Å². The van der Waals surface area contributed by atoms with Crippen LogP contribution in [0.25, 0.3) is 0 Å². The Hall–Kier alpha value is -0.480. The van der Waals surface area contributed by atoms with E-state index in [0.29, 0.717) is 14.8 Å². The van der Waals surface area contributed by atoms with E-state index in [-0.39, 0.29) is 17.9 Å². The number of pyridine rings is 1. The second-order valence-corrected chi connectivity index (χ2v) is 4.07. The maximum atomic E-state index is 12.5. The molecule has 0 atom stereocenters. The zero-order chi connectivity index (χ0) is 11.4. The highest BCUT2D eigenvalue weighted by atomic mass is 127. The number of alkyl halides is 3. The summed E-state index contributed by atoms with van der Waals surface area (Å²) in [6, 6.07) is 1.93. The van der Waals surface area contributed by atoms with Crippen LogP contribution >= 0.6 is 34.2 Å². The standard InChI is InChI=1S/C9H6ClF2IN2/c10-3-5-6(9(11)12)4-15-7(1-2-14)8(5)13/h4,9H,1,3H2. The summed E-state index contributed by atoms with van der Waals surface area (Å²) in [5.41, 5.74) is 0.710. The van der Waals surface area contributed by atoms with Gasteiger partial charge in [0, 0.05) is 21.2 Å². The van der Waals surface area contributed by atoms with E-state index in [1.165, 1.54) is 0 Å². The Morgan fingerprint density at radius 3 is 2.73 bits per heavy atom. The Bertz CT molecular complexity index is 404. The second kappa shape index (κ2) is 5.56. The Labute approximate surface area is 104 Å². The number of rotatable bonds is 3. The lowest BCUT2D eigenvalue weighted by Crippen LogP contribution is -2.03. The molecule has 0 unspecified atom stereocenters. The molecular formula is C9H6ClF2IN2. The van der Waals surface area contributed by atoms with Crippen molar-refractivity contribution in [3.05, 3.63) is 26.6 Å². The van der Waals surface area contributed by atoms with Gasteiger partial charge in [0.1, 0.15) is 0 Å². The molecule has 0 fully saturated rings. The van der Waals surface area contributed by atoms with Gasteiger partial charge in [0.25, 0.3) is 6.43 Å². The van der Waals surface area contributed by atoms with Crippen molar-refractivity contribution in [2.75, 3.05) is 0 Å². The molecule has 0 saturated heterocycles. The van der Waals surface area contributed by atoms with Gasteiger partial charge in [-0.15, -0.1) is 11.6 Å². The van der Waals surface area contributed by atoms with Gasteiger partial charge in [-0.05, 0) is 28.2 Å². The molecule has 0 saturated carbocycles. The highest BCUT2D eigenvalue weighted by molar-refractivity contribution is 14.1. The molecule has 0 radical (unpaired) electrons. The topological polar surface area (TPSA) is 36.7 Å². The fraction of sp³-hybridized carbons (Fsp3) is 0.333. The number of nitriles is 1. The van der Waals surface area contributed by atoms with Crippen LogP contribution in [0.1, 0.15) is 23.2 Å². The number of hydrogen-bond acceptors (Lipinski definition) is 2. The lowest BCUT2D eigenvalue weighted by atomic mass is 10.1. The van der Waals surface area contributed by atoms with E-state index in [4.69, 9.17) is 16.9 Å². The van der Waals surface area contributed by atoms with Crippen molar-refractivity contribution >= 4 is 34.2 Å². The SMILES string of the molecule is N#CCc1ncc(C(F)F)c(CCl)c1I. The molecule has 15 heavy (non-hydrogen) atoms. The first-order chi connectivity index (χ1) is 7.11. The predicted molar refractivity (Wildman–Crippen MR) is 60.8 cm³/mol. The summed E-state index contributed by atoms with van der Waals surface area (Å²) in [4.78, 5) is 3.83. The maximum Gasteiger partial charge on any atom is 0.265 e. The Morgan fingerprint density at radius 1 is 1.60 bits per heavy atom. The van der Waals surface area contributed by atoms with E-state index < -0.39 is 6.43 Å². The summed E-state index contributed by atoms with van der Waals surface area (Å²) >= 11 is 7.50. The first kappa shape index (κ1) is 12.6. The minimum atomic E-state index is -2.59. The van der Waals surface area contributed by atoms with Gasteiger partial charge in [0.2, 0.25) is 0 Å². The molecule has 0 N–H and O–H groups in total. The molecule has 2 nitrogen and oxygen atoms in total. The average molecular weight is 343 g/mol. The summed E-state index contributed by atoms with van der Waals surface area (Å²) in [5.74, 6) is -0.00110. The van der Waals surface area contributed by atoms with Crippen molar-refractivity contribution in [3.63, 3.8) is 0 Å². The van der Waals surface area contributed by atoms with E-state index in [9.17, 15) is 8.78 Å². The monoisotopic (exact) mass is 342 g/mol. The number of nitrogens with zero attached hydrogens (tertiary/aromatic N) is 2. The van der Waals surface area contributed by atoms with Crippen LogP contribution in [-0.2, 0) is 12.3 Å². The lowest BCUT2D eigenvalue weighted by Gasteiger charge is -2.10. The van der Waals surface area contributed by atoms with Crippen LogP contribution in [0, 0.1) is 14.9 Å². The van der Waals surface area contributed by atoms with E-state index in [2.05, 4.69) is 4.98 Å². The van der Waals surface area contributed by atoms with Crippen molar-refractivity contribution < 1.29 is 8.78 Å². The molecule has 0 aromatic carbocycles. The molecule has 1 aromatic rings. The third-order valence-corrected chi connectivity index (χ3v) is 3.38. The largest absolute Gasteiger partial charge is 0.265 e. The van der Waals surface area contributed by atoms with Gasteiger partial charge in [0.05, 0.1) is 18.2 Å². The Kier molecular flexibility index (Phi) is 4.67. The molecule has 0 spiro atoms. The highest BCUT2D eigenvalue weighted by Gasteiger charge is 2.17. The molecule has 1 aromatic heterocycles. The Morgan fingerprint density at radius 2 is 2.27 bits per heavy atom. The van der Waals surface area contributed by atoms with Gasteiger partial charge >= 0.3 is 0 Å². The molecule has 6 heteroatoms. The number of aromatic nitrogens is 1. The Balaban J connectivity index is 3.27. The molecular weight excluding hydrogens is 336 g/mol. The molecule has 0 bridgehead atoms.